The van der Waals surface area contributed by atoms with Crippen LogP contribution >= 0.6 is 0 Å². The fourth-order valence-electron chi connectivity index (χ4n) is 4.04. The summed E-state index contributed by atoms with van der Waals surface area (Å²) in [6.45, 7) is 3.31. The third kappa shape index (κ3) is 3.05. The Balaban J connectivity index is 1.48. The maximum absolute atomic E-state index is 11.4. The summed E-state index contributed by atoms with van der Waals surface area (Å²) in [7, 11) is 0. The topological polar surface area (TPSA) is 58.6 Å². The summed E-state index contributed by atoms with van der Waals surface area (Å²) in [4.78, 5) is 11.4. The van der Waals surface area contributed by atoms with Gasteiger partial charge in [0.05, 0.1) is 5.92 Å². The van der Waals surface area contributed by atoms with E-state index in [-0.39, 0.29) is 12.0 Å². The number of aliphatic carboxylic acids is 1. The lowest BCUT2D eigenvalue weighted by atomic mass is 9.84. The van der Waals surface area contributed by atoms with Crippen molar-refractivity contribution < 1.29 is 14.6 Å². The van der Waals surface area contributed by atoms with Crippen LogP contribution in [0.2, 0.25) is 0 Å². The molecule has 4 heteroatoms. The predicted molar refractivity (Wildman–Crippen MR) is 80.4 cm³/mol. The standard InChI is InChI=1S/C17H23NO3/c1-11-3-2-4-14(9-11)21-8-7-18-16-13-6-5-12(10-13)15(16)17(19)20/h2-4,9,12-13,15-16,18H,5-8,10H2,1H3,(H,19,20). The molecule has 2 N–H and O–H groups in total. The van der Waals surface area contributed by atoms with Crippen molar-refractivity contribution in [3.05, 3.63) is 29.8 Å². The Bertz CT molecular complexity index is 517. The molecule has 0 radical (unpaired) electrons. The molecule has 2 fully saturated rings. The number of nitrogens with one attached hydrogen (secondary N) is 1. The van der Waals surface area contributed by atoms with Crippen LogP contribution in [0.1, 0.15) is 24.8 Å². The van der Waals surface area contributed by atoms with Crippen LogP contribution in [-0.2, 0) is 4.79 Å². The van der Waals surface area contributed by atoms with Crippen molar-refractivity contribution in [3.63, 3.8) is 0 Å². The fraction of sp³-hybridized carbons (Fsp3) is 0.588. The second-order valence-corrected chi connectivity index (χ2v) is 6.34. The van der Waals surface area contributed by atoms with Gasteiger partial charge in [0.25, 0.3) is 0 Å². The molecule has 1 aromatic carbocycles. The van der Waals surface area contributed by atoms with Gasteiger partial charge in [0.2, 0.25) is 0 Å². The van der Waals surface area contributed by atoms with Gasteiger partial charge in [0.1, 0.15) is 12.4 Å². The van der Waals surface area contributed by atoms with Gasteiger partial charge in [-0.25, -0.2) is 0 Å². The fourth-order valence-corrected chi connectivity index (χ4v) is 4.04. The van der Waals surface area contributed by atoms with Crippen LogP contribution in [0.5, 0.6) is 5.75 Å². The van der Waals surface area contributed by atoms with Gasteiger partial charge in [-0.2, -0.15) is 0 Å². The van der Waals surface area contributed by atoms with Gasteiger partial charge >= 0.3 is 5.97 Å². The van der Waals surface area contributed by atoms with Crippen LogP contribution in [0.3, 0.4) is 0 Å². The van der Waals surface area contributed by atoms with Crippen LogP contribution in [0.25, 0.3) is 0 Å². The largest absolute Gasteiger partial charge is 0.492 e. The molecule has 0 spiro atoms. The summed E-state index contributed by atoms with van der Waals surface area (Å²) in [6, 6.07) is 8.11. The molecule has 0 amide bonds. The number of fused-ring (bicyclic) bond motifs is 2. The van der Waals surface area contributed by atoms with E-state index in [1.165, 1.54) is 12.0 Å². The Morgan fingerprint density at radius 2 is 2.19 bits per heavy atom. The maximum Gasteiger partial charge on any atom is 0.308 e. The zero-order valence-corrected chi connectivity index (χ0v) is 12.4. The lowest BCUT2D eigenvalue weighted by molar-refractivity contribution is -0.144. The molecular weight excluding hydrogens is 266 g/mol. The number of hydrogen-bond donors (Lipinski definition) is 2. The van der Waals surface area contributed by atoms with E-state index in [1.807, 2.05) is 31.2 Å². The van der Waals surface area contributed by atoms with E-state index in [9.17, 15) is 9.90 Å². The van der Waals surface area contributed by atoms with E-state index < -0.39 is 5.97 Å². The second-order valence-electron chi connectivity index (χ2n) is 6.34. The van der Waals surface area contributed by atoms with E-state index in [0.29, 0.717) is 25.0 Å². The highest BCUT2D eigenvalue weighted by atomic mass is 16.5. The highest BCUT2D eigenvalue weighted by molar-refractivity contribution is 5.72. The van der Waals surface area contributed by atoms with E-state index in [1.54, 1.807) is 0 Å². The zero-order valence-electron chi connectivity index (χ0n) is 12.4. The number of benzene rings is 1. The molecule has 2 aliphatic carbocycles. The highest BCUT2D eigenvalue weighted by Gasteiger charge is 2.50. The molecule has 4 nitrogen and oxygen atoms in total. The number of hydrogen-bond acceptors (Lipinski definition) is 3. The summed E-state index contributed by atoms with van der Waals surface area (Å²) < 4.78 is 5.71. The van der Waals surface area contributed by atoms with E-state index in [2.05, 4.69) is 5.32 Å². The molecule has 0 aromatic heterocycles. The van der Waals surface area contributed by atoms with Crippen LogP contribution in [0.15, 0.2) is 24.3 Å². The SMILES string of the molecule is Cc1cccc(OCCNC2C3CCC(C3)C2C(=O)O)c1. The van der Waals surface area contributed by atoms with Gasteiger partial charge in [0, 0.05) is 12.6 Å². The number of ether oxygens (including phenoxy) is 1. The molecule has 2 aliphatic rings. The summed E-state index contributed by atoms with van der Waals surface area (Å²) in [5.41, 5.74) is 1.18. The summed E-state index contributed by atoms with van der Waals surface area (Å²) in [5, 5.41) is 12.8. The van der Waals surface area contributed by atoms with Gasteiger partial charge in [-0.15, -0.1) is 0 Å². The van der Waals surface area contributed by atoms with Gasteiger partial charge in [-0.1, -0.05) is 12.1 Å². The van der Waals surface area contributed by atoms with Crippen LogP contribution < -0.4 is 10.1 Å². The summed E-state index contributed by atoms with van der Waals surface area (Å²) >= 11 is 0. The first-order chi connectivity index (χ1) is 10.1. The molecule has 2 saturated carbocycles. The molecule has 0 heterocycles. The second kappa shape index (κ2) is 6.06. The Labute approximate surface area is 125 Å². The first-order valence-corrected chi connectivity index (χ1v) is 7.81. The van der Waals surface area contributed by atoms with Crippen LogP contribution in [0, 0.1) is 24.7 Å². The molecular formula is C17H23NO3. The van der Waals surface area contributed by atoms with Crippen molar-refractivity contribution in [2.45, 2.75) is 32.2 Å². The summed E-state index contributed by atoms with van der Waals surface area (Å²) in [6.07, 6.45) is 3.33. The third-order valence-corrected chi connectivity index (χ3v) is 4.94. The van der Waals surface area contributed by atoms with E-state index >= 15 is 0 Å². The number of rotatable bonds is 6. The van der Waals surface area contributed by atoms with Gasteiger partial charge < -0.3 is 15.2 Å². The van der Waals surface area contributed by atoms with Gasteiger partial charge in [-0.05, 0) is 55.7 Å². The van der Waals surface area contributed by atoms with Crippen molar-refractivity contribution in [2.75, 3.05) is 13.2 Å². The molecule has 114 valence electrons. The smallest absolute Gasteiger partial charge is 0.308 e. The van der Waals surface area contributed by atoms with Crippen molar-refractivity contribution in [2.24, 2.45) is 17.8 Å². The average molecular weight is 289 g/mol. The van der Waals surface area contributed by atoms with Gasteiger partial charge in [-0.3, -0.25) is 4.79 Å². The highest BCUT2D eigenvalue weighted by Crippen LogP contribution is 2.48. The lowest BCUT2D eigenvalue weighted by Crippen LogP contribution is -2.45. The minimum Gasteiger partial charge on any atom is -0.492 e. The number of aryl methyl sites for hydroxylation is 1. The Morgan fingerprint density at radius 1 is 1.38 bits per heavy atom. The predicted octanol–water partition coefficient (Wildman–Crippen LogP) is 2.46. The molecule has 4 unspecified atom stereocenters. The Kier molecular flexibility index (Phi) is 4.15. The van der Waals surface area contributed by atoms with Crippen molar-refractivity contribution in [1.82, 2.24) is 5.32 Å². The molecule has 4 atom stereocenters. The molecule has 0 saturated heterocycles. The van der Waals surface area contributed by atoms with Crippen molar-refractivity contribution in [1.29, 1.82) is 0 Å². The first kappa shape index (κ1) is 14.4. The summed E-state index contributed by atoms with van der Waals surface area (Å²) in [5.74, 6) is 0.944. The normalized spacial score (nSPS) is 30.5. The minimum absolute atomic E-state index is 0.127. The molecule has 0 aliphatic heterocycles. The van der Waals surface area contributed by atoms with Crippen molar-refractivity contribution in [3.8, 4) is 5.75 Å². The molecule has 2 bridgehead atoms. The molecule has 3 rings (SSSR count). The quantitative estimate of drug-likeness (QED) is 0.790. The van der Waals surface area contributed by atoms with Crippen molar-refractivity contribution >= 4 is 5.97 Å². The minimum atomic E-state index is -0.640. The Morgan fingerprint density at radius 3 is 2.95 bits per heavy atom. The van der Waals surface area contributed by atoms with Gasteiger partial charge in [0.15, 0.2) is 0 Å². The van der Waals surface area contributed by atoms with Crippen LogP contribution in [0.4, 0.5) is 0 Å². The average Bonchev–Trinajstić information content (AvgIpc) is 3.04. The monoisotopic (exact) mass is 289 g/mol. The maximum atomic E-state index is 11.4. The van der Waals surface area contributed by atoms with E-state index in [0.717, 1.165) is 18.6 Å². The number of carboxylic acids is 1. The van der Waals surface area contributed by atoms with E-state index in [4.69, 9.17) is 4.74 Å². The molecule has 1 aromatic rings. The lowest BCUT2D eigenvalue weighted by Gasteiger charge is -2.29. The first-order valence-electron chi connectivity index (χ1n) is 7.81. The zero-order chi connectivity index (χ0) is 14.8. The Hall–Kier alpha value is -1.55. The number of carboxylic acid groups (broad SMARTS) is 1. The van der Waals surface area contributed by atoms with Crippen LogP contribution in [-0.4, -0.2) is 30.3 Å². The third-order valence-electron chi connectivity index (χ3n) is 4.94. The number of carbonyl (C=O) groups is 1. The molecule has 21 heavy (non-hydrogen) atoms.